The molecule has 6 rings (SSSR count). The quantitative estimate of drug-likeness (QED) is 0.782. The smallest absolute Gasteiger partial charge is 0.251 e. The van der Waals surface area contributed by atoms with Crippen LogP contribution >= 0.6 is 0 Å². The number of carbonyl (C=O) groups is 1. The Bertz CT molecular complexity index is 672. The maximum Gasteiger partial charge on any atom is 0.251 e. The summed E-state index contributed by atoms with van der Waals surface area (Å²) in [7, 11) is 0. The lowest BCUT2D eigenvalue weighted by molar-refractivity contribution is -0.0688. The molecule has 0 radical (unpaired) electrons. The predicted molar refractivity (Wildman–Crippen MR) is 108 cm³/mol. The van der Waals surface area contributed by atoms with Crippen molar-refractivity contribution in [1.82, 2.24) is 5.32 Å². The maximum atomic E-state index is 12.9. The number of hydrogen-bond acceptors (Lipinski definition) is 3. The molecule has 4 nitrogen and oxygen atoms in total. The first-order valence-corrected chi connectivity index (χ1v) is 11.2. The third-order valence-electron chi connectivity index (χ3n) is 7.93. The molecule has 1 aromatic rings. The molecule has 1 aromatic carbocycles. The van der Waals surface area contributed by atoms with E-state index in [2.05, 4.69) is 12.2 Å². The van der Waals surface area contributed by atoms with Crippen LogP contribution in [-0.2, 0) is 4.74 Å². The minimum Gasteiger partial charge on any atom is -0.491 e. The zero-order valence-electron chi connectivity index (χ0n) is 17.0. The Hall–Kier alpha value is -1.55. The standard InChI is InChI=1S/C24H33NO3/c1-16(24-12-17-9-18(13-24)11-19(10-17)14-24)25-23(26)20-4-6-21(7-5-20)28-15-22-3-2-8-27-22/h4-7,16-19,22H,2-3,8-15H2,1H3,(H,25,26)/t16-,17?,18?,19?,22-,24?/m1/s1. The van der Waals surface area contributed by atoms with Crippen LogP contribution in [-0.4, -0.2) is 31.3 Å². The van der Waals surface area contributed by atoms with E-state index in [9.17, 15) is 4.79 Å². The van der Waals surface area contributed by atoms with Crippen LogP contribution in [0.2, 0.25) is 0 Å². The molecule has 4 aliphatic carbocycles. The SMILES string of the molecule is C[C@@H](NC(=O)c1ccc(OC[C@H]2CCCO2)cc1)C12CC3CC(CC(C3)C1)C2. The lowest BCUT2D eigenvalue weighted by Crippen LogP contribution is -2.55. The number of hydrogen-bond donors (Lipinski definition) is 1. The highest BCUT2D eigenvalue weighted by molar-refractivity contribution is 5.94. The van der Waals surface area contributed by atoms with Gasteiger partial charge in [0, 0.05) is 18.2 Å². The molecule has 2 atom stereocenters. The van der Waals surface area contributed by atoms with Gasteiger partial charge in [-0.1, -0.05) is 0 Å². The van der Waals surface area contributed by atoms with E-state index in [0.29, 0.717) is 12.0 Å². The molecule has 0 unspecified atom stereocenters. The van der Waals surface area contributed by atoms with Crippen molar-refractivity contribution >= 4 is 5.91 Å². The molecule has 152 valence electrons. The second-order valence-corrected chi connectivity index (χ2v) is 9.95. The Morgan fingerprint density at radius 2 is 1.79 bits per heavy atom. The maximum absolute atomic E-state index is 12.9. The highest BCUT2D eigenvalue weighted by atomic mass is 16.5. The number of nitrogens with one attached hydrogen (secondary N) is 1. The predicted octanol–water partition coefficient (Wildman–Crippen LogP) is 4.58. The molecular formula is C24H33NO3. The Morgan fingerprint density at radius 3 is 2.36 bits per heavy atom. The van der Waals surface area contributed by atoms with Gasteiger partial charge in [-0.25, -0.2) is 0 Å². The highest BCUT2D eigenvalue weighted by Crippen LogP contribution is 2.61. The van der Waals surface area contributed by atoms with E-state index in [4.69, 9.17) is 9.47 Å². The second kappa shape index (κ2) is 7.37. The fourth-order valence-electron chi connectivity index (χ4n) is 6.81. The first-order valence-electron chi connectivity index (χ1n) is 11.2. The molecule has 4 saturated carbocycles. The molecular weight excluding hydrogens is 350 g/mol. The Labute approximate surface area is 168 Å². The van der Waals surface area contributed by atoms with Crippen LogP contribution in [0.15, 0.2) is 24.3 Å². The van der Waals surface area contributed by atoms with Crippen LogP contribution in [0.4, 0.5) is 0 Å². The zero-order chi connectivity index (χ0) is 19.1. The summed E-state index contributed by atoms with van der Waals surface area (Å²) >= 11 is 0. The monoisotopic (exact) mass is 383 g/mol. The van der Waals surface area contributed by atoms with Gasteiger partial charge in [-0.15, -0.1) is 0 Å². The van der Waals surface area contributed by atoms with E-state index in [-0.39, 0.29) is 18.1 Å². The first kappa shape index (κ1) is 18.5. The molecule has 0 aromatic heterocycles. The van der Waals surface area contributed by atoms with Gasteiger partial charge < -0.3 is 14.8 Å². The molecule has 1 amide bonds. The van der Waals surface area contributed by atoms with Crippen LogP contribution in [0.25, 0.3) is 0 Å². The van der Waals surface area contributed by atoms with Crippen molar-refractivity contribution in [2.75, 3.05) is 13.2 Å². The van der Waals surface area contributed by atoms with Crippen molar-refractivity contribution in [2.45, 2.75) is 70.4 Å². The Balaban J connectivity index is 1.18. The van der Waals surface area contributed by atoms with Crippen molar-refractivity contribution in [3.05, 3.63) is 29.8 Å². The van der Waals surface area contributed by atoms with E-state index in [1.54, 1.807) is 0 Å². The summed E-state index contributed by atoms with van der Waals surface area (Å²) in [5.41, 5.74) is 1.07. The van der Waals surface area contributed by atoms with Crippen molar-refractivity contribution in [3.8, 4) is 5.75 Å². The molecule has 5 aliphatic rings. The summed E-state index contributed by atoms with van der Waals surface area (Å²) in [6.07, 6.45) is 10.7. The Morgan fingerprint density at radius 1 is 1.14 bits per heavy atom. The number of benzene rings is 1. The summed E-state index contributed by atoms with van der Waals surface area (Å²) in [5, 5.41) is 3.35. The van der Waals surface area contributed by atoms with Crippen molar-refractivity contribution < 1.29 is 14.3 Å². The van der Waals surface area contributed by atoms with Gasteiger partial charge in [-0.2, -0.15) is 0 Å². The molecule has 1 saturated heterocycles. The largest absolute Gasteiger partial charge is 0.491 e. The van der Waals surface area contributed by atoms with Crippen molar-refractivity contribution in [3.63, 3.8) is 0 Å². The molecule has 28 heavy (non-hydrogen) atoms. The average molecular weight is 384 g/mol. The molecule has 1 aliphatic heterocycles. The van der Waals surface area contributed by atoms with Gasteiger partial charge in [0.25, 0.3) is 5.91 Å². The van der Waals surface area contributed by atoms with Crippen LogP contribution in [0.5, 0.6) is 5.75 Å². The second-order valence-electron chi connectivity index (χ2n) is 9.95. The lowest BCUT2D eigenvalue weighted by atomic mass is 9.48. The third-order valence-corrected chi connectivity index (χ3v) is 7.93. The normalized spacial score (nSPS) is 37.0. The van der Waals surface area contributed by atoms with Gasteiger partial charge in [-0.05, 0) is 106 Å². The van der Waals surface area contributed by atoms with E-state index < -0.39 is 0 Å². The fraction of sp³-hybridized carbons (Fsp3) is 0.708. The summed E-state index contributed by atoms with van der Waals surface area (Å²) in [6, 6.07) is 7.82. The topological polar surface area (TPSA) is 47.6 Å². The van der Waals surface area contributed by atoms with Gasteiger partial charge in [-0.3, -0.25) is 4.79 Å². The van der Waals surface area contributed by atoms with Gasteiger partial charge >= 0.3 is 0 Å². The average Bonchev–Trinajstić information content (AvgIpc) is 3.19. The molecule has 1 heterocycles. The summed E-state index contributed by atoms with van der Waals surface area (Å²) in [4.78, 5) is 12.9. The number of amides is 1. The van der Waals surface area contributed by atoms with Crippen LogP contribution in [0.3, 0.4) is 0 Å². The zero-order valence-corrected chi connectivity index (χ0v) is 17.0. The summed E-state index contributed by atoms with van der Waals surface area (Å²) < 4.78 is 11.4. The van der Waals surface area contributed by atoms with Crippen molar-refractivity contribution in [2.24, 2.45) is 23.2 Å². The first-order chi connectivity index (χ1) is 13.6. The fourth-order valence-corrected chi connectivity index (χ4v) is 6.81. The lowest BCUT2D eigenvalue weighted by Gasteiger charge is -2.59. The highest BCUT2D eigenvalue weighted by Gasteiger charge is 2.53. The Kier molecular flexibility index (Phi) is 4.86. The van der Waals surface area contributed by atoms with Gasteiger partial charge in [0.1, 0.15) is 12.4 Å². The summed E-state index contributed by atoms with van der Waals surface area (Å²) in [5.74, 6) is 3.58. The van der Waals surface area contributed by atoms with E-state index in [1.165, 1.54) is 38.5 Å². The van der Waals surface area contributed by atoms with Gasteiger partial charge in [0.05, 0.1) is 6.10 Å². The van der Waals surface area contributed by atoms with E-state index in [0.717, 1.165) is 48.5 Å². The van der Waals surface area contributed by atoms with Crippen LogP contribution in [0.1, 0.15) is 68.6 Å². The number of carbonyl (C=O) groups excluding carboxylic acids is 1. The minimum atomic E-state index is 0.0499. The van der Waals surface area contributed by atoms with Crippen molar-refractivity contribution in [1.29, 1.82) is 0 Å². The number of rotatable bonds is 6. The third kappa shape index (κ3) is 3.56. The van der Waals surface area contributed by atoms with Crippen LogP contribution < -0.4 is 10.1 Å². The van der Waals surface area contributed by atoms with Gasteiger partial charge in [0.15, 0.2) is 0 Å². The molecule has 1 N–H and O–H groups in total. The van der Waals surface area contributed by atoms with Gasteiger partial charge in [0.2, 0.25) is 0 Å². The molecule has 0 spiro atoms. The van der Waals surface area contributed by atoms with E-state index >= 15 is 0 Å². The molecule has 4 bridgehead atoms. The van der Waals surface area contributed by atoms with E-state index in [1.807, 2.05) is 24.3 Å². The summed E-state index contributed by atoms with van der Waals surface area (Å²) in [6.45, 7) is 3.67. The number of ether oxygens (including phenoxy) is 2. The molecule has 4 heteroatoms. The van der Waals surface area contributed by atoms with Crippen LogP contribution in [0, 0.1) is 23.2 Å². The minimum absolute atomic E-state index is 0.0499. The molecule has 5 fully saturated rings.